The van der Waals surface area contributed by atoms with E-state index in [1.54, 1.807) is 5.38 Å². The molecule has 1 aromatic heterocycles. The summed E-state index contributed by atoms with van der Waals surface area (Å²) in [6, 6.07) is 17.5. The predicted octanol–water partition coefficient (Wildman–Crippen LogP) is 6.36. The first-order valence-electron chi connectivity index (χ1n) is 10.3. The summed E-state index contributed by atoms with van der Waals surface area (Å²) < 4.78 is 69.2. The first-order valence-corrected chi connectivity index (χ1v) is 12.2. The predicted molar refractivity (Wildman–Crippen MR) is 133 cm³/mol. The molecule has 0 bridgehead atoms. The van der Waals surface area contributed by atoms with Gasteiger partial charge in [-0.3, -0.25) is 14.7 Å². The lowest BCUT2D eigenvalue weighted by Crippen LogP contribution is -2.26. The average Bonchev–Trinajstić information content (AvgIpc) is 3.32. The van der Waals surface area contributed by atoms with Gasteiger partial charge in [0.15, 0.2) is 5.13 Å². The SMILES string of the molecule is COc1ccc(C(=O)Nc2nc(-c3ccccc3)cs2)c(N(c2ccccc2C(F)(F)F)S(=O)O)c1. The van der Waals surface area contributed by atoms with Crippen LogP contribution in [0.3, 0.4) is 0 Å². The molecule has 1 amide bonds. The lowest BCUT2D eigenvalue weighted by atomic mass is 10.1. The van der Waals surface area contributed by atoms with Crippen molar-refractivity contribution in [1.82, 2.24) is 4.98 Å². The summed E-state index contributed by atoms with van der Waals surface area (Å²) in [5.41, 5.74) is -0.702. The highest BCUT2D eigenvalue weighted by molar-refractivity contribution is 7.81. The maximum Gasteiger partial charge on any atom is 0.418 e. The van der Waals surface area contributed by atoms with Crippen LogP contribution in [0.15, 0.2) is 78.2 Å². The fraction of sp³-hybridized carbons (Fsp3) is 0.0833. The van der Waals surface area contributed by atoms with Gasteiger partial charge in [0.05, 0.1) is 35.3 Å². The normalized spacial score (nSPS) is 12.1. The number of nitrogens with zero attached hydrogens (tertiary/aromatic N) is 2. The molecule has 1 atom stereocenters. The molecule has 0 radical (unpaired) electrons. The molecule has 2 N–H and O–H groups in total. The minimum absolute atomic E-state index is 0.161. The summed E-state index contributed by atoms with van der Waals surface area (Å²) in [5, 5.41) is 4.60. The molecule has 0 fully saturated rings. The van der Waals surface area contributed by atoms with Crippen LogP contribution in [0.25, 0.3) is 11.3 Å². The number of nitrogens with one attached hydrogen (secondary N) is 1. The number of hydrogen-bond donors (Lipinski definition) is 2. The van der Waals surface area contributed by atoms with Gasteiger partial charge in [0.25, 0.3) is 17.2 Å². The second kappa shape index (κ2) is 10.5. The first kappa shape index (κ1) is 25.4. The summed E-state index contributed by atoms with van der Waals surface area (Å²) in [4.78, 5) is 17.6. The Kier molecular flexibility index (Phi) is 7.38. The number of benzene rings is 3. The molecule has 12 heteroatoms. The van der Waals surface area contributed by atoms with Gasteiger partial charge < -0.3 is 4.74 Å². The number of carbonyl (C=O) groups excluding carboxylic acids is 1. The van der Waals surface area contributed by atoms with Gasteiger partial charge in [0.1, 0.15) is 5.75 Å². The fourth-order valence-electron chi connectivity index (χ4n) is 3.42. The monoisotopic (exact) mass is 533 g/mol. The number of para-hydroxylation sites is 1. The minimum atomic E-state index is -4.82. The quantitative estimate of drug-likeness (QED) is 0.270. The molecule has 1 unspecified atom stereocenters. The zero-order chi connectivity index (χ0) is 25.9. The topological polar surface area (TPSA) is 91.8 Å². The number of hydrogen-bond acceptors (Lipinski definition) is 5. The lowest BCUT2D eigenvalue weighted by molar-refractivity contribution is -0.137. The van der Waals surface area contributed by atoms with Crippen LogP contribution in [-0.2, 0) is 17.4 Å². The Balaban J connectivity index is 1.75. The maximum atomic E-state index is 13.7. The molecule has 3 aromatic carbocycles. The third-order valence-corrected chi connectivity index (χ3v) is 6.51. The van der Waals surface area contributed by atoms with Crippen molar-refractivity contribution in [2.45, 2.75) is 6.18 Å². The second-order valence-electron chi connectivity index (χ2n) is 7.28. The molecule has 0 saturated carbocycles. The van der Waals surface area contributed by atoms with E-state index in [9.17, 15) is 26.7 Å². The number of anilines is 3. The van der Waals surface area contributed by atoms with Gasteiger partial charge in [-0.2, -0.15) is 13.2 Å². The lowest BCUT2D eigenvalue weighted by Gasteiger charge is -2.25. The van der Waals surface area contributed by atoms with Crippen molar-refractivity contribution in [2.75, 3.05) is 16.7 Å². The van der Waals surface area contributed by atoms with Crippen molar-refractivity contribution in [3.05, 3.63) is 89.3 Å². The summed E-state index contributed by atoms with van der Waals surface area (Å²) in [6.07, 6.45) is -4.82. The Morgan fingerprint density at radius 3 is 2.42 bits per heavy atom. The van der Waals surface area contributed by atoms with Crippen LogP contribution in [0, 0.1) is 0 Å². The molecule has 4 rings (SSSR count). The number of alkyl halides is 3. The minimum Gasteiger partial charge on any atom is -0.497 e. The van der Waals surface area contributed by atoms with Crippen molar-refractivity contribution < 1.29 is 31.5 Å². The first-order chi connectivity index (χ1) is 17.2. The molecular formula is C24H18F3N3O4S2. The van der Waals surface area contributed by atoms with E-state index in [-0.39, 0.29) is 22.1 Å². The van der Waals surface area contributed by atoms with Crippen LogP contribution < -0.4 is 14.4 Å². The molecule has 186 valence electrons. The Hall–Kier alpha value is -3.74. The van der Waals surface area contributed by atoms with E-state index in [0.29, 0.717) is 10.00 Å². The Labute approximate surface area is 210 Å². The third kappa shape index (κ3) is 5.40. The van der Waals surface area contributed by atoms with E-state index in [2.05, 4.69) is 10.3 Å². The zero-order valence-corrected chi connectivity index (χ0v) is 20.2. The van der Waals surface area contributed by atoms with E-state index in [4.69, 9.17) is 4.74 Å². The van der Waals surface area contributed by atoms with Gasteiger partial charge in [-0.05, 0) is 24.3 Å². The van der Waals surface area contributed by atoms with Gasteiger partial charge >= 0.3 is 6.18 Å². The Morgan fingerprint density at radius 1 is 1.06 bits per heavy atom. The second-order valence-corrected chi connectivity index (χ2v) is 8.97. The van der Waals surface area contributed by atoms with Crippen LogP contribution in [-0.4, -0.2) is 26.8 Å². The molecule has 0 aliphatic carbocycles. The number of rotatable bonds is 7. The number of ether oxygens (including phenoxy) is 1. The van der Waals surface area contributed by atoms with Crippen LogP contribution in [0.2, 0.25) is 0 Å². The van der Waals surface area contributed by atoms with E-state index >= 15 is 0 Å². The van der Waals surface area contributed by atoms with Gasteiger partial charge in [0.2, 0.25) is 0 Å². The number of thiazole rings is 1. The van der Waals surface area contributed by atoms with Crippen molar-refractivity contribution in [3.8, 4) is 17.0 Å². The fourth-order valence-corrected chi connectivity index (χ4v) is 4.79. The average molecular weight is 534 g/mol. The van der Waals surface area contributed by atoms with Gasteiger partial charge in [-0.25, -0.2) is 13.5 Å². The Morgan fingerprint density at radius 2 is 1.75 bits per heavy atom. The highest BCUT2D eigenvalue weighted by Gasteiger charge is 2.37. The zero-order valence-electron chi connectivity index (χ0n) is 18.5. The van der Waals surface area contributed by atoms with Gasteiger partial charge in [-0.1, -0.05) is 42.5 Å². The number of amides is 1. The van der Waals surface area contributed by atoms with E-state index in [0.717, 1.165) is 35.1 Å². The number of halogens is 3. The van der Waals surface area contributed by atoms with Gasteiger partial charge in [-0.15, -0.1) is 11.3 Å². The van der Waals surface area contributed by atoms with Crippen LogP contribution in [0.4, 0.5) is 29.7 Å². The number of aromatic nitrogens is 1. The summed E-state index contributed by atoms with van der Waals surface area (Å²) in [7, 11) is 1.32. The van der Waals surface area contributed by atoms with Crippen LogP contribution >= 0.6 is 11.3 Å². The highest BCUT2D eigenvalue weighted by Crippen LogP contribution is 2.41. The van der Waals surface area contributed by atoms with E-state index in [1.807, 2.05) is 30.3 Å². The molecular weight excluding hydrogens is 515 g/mol. The maximum absolute atomic E-state index is 13.7. The molecule has 0 spiro atoms. The summed E-state index contributed by atoms with van der Waals surface area (Å²) in [5.74, 6) is -0.566. The molecule has 36 heavy (non-hydrogen) atoms. The summed E-state index contributed by atoms with van der Waals surface area (Å²) in [6.45, 7) is 0. The summed E-state index contributed by atoms with van der Waals surface area (Å²) >= 11 is -1.81. The molecule has 0 saturated heterocycles. The Bertz CT molecular complexity index is 1410. The molecule has 7 nitrogen and oxygen atoms in total. The van der Waals surface area contributed by atoms with Gasteiger partial charge in [0, 0.05) is 17.0 Å². The molecule has 4 aromatic rings. The third-order valence-electron chi connectivity index (χ3n) is 5.05. The largest absolute Gasteiger partial charge is 0.497 e. The van der Waals surface area contributed by atoms with Crippen molar-refractivity contribution in [1.29, 1.82) is 0 Å². The van der Waals surface area contributed by atoms with Crippen molar-refractivity contribution in [3.63, 3.8) is 0 Å². The van der Waals surface area contributed by atoms with Crippen molar-refractivity contribution in [2.24, 2.45) is 0 Å². The van der Waals surface area contributed by atoms with E-state index in [1.165, 1.54) is 31.4 Å². The number of carbonyl (C=O) groups is 1. The molecule has 0 aliphatic rings. The highest BCUT2D eigenvalue weighted by atomic mass is 32.2. The standard InChI is InChI=1S/C24H18F3N3O4S2/c1-34-16-11-12-17(22(31)29-23-28-19(14-35-23)15-7-3-2-4-8-15)21(13-16)30(36(32)33)20-10-6-5-9-18(20)24(25,26)27/h2-14H,1H3,(H,32,33)(H,28,29,31). The number of methoxy groups -OCH3 is 1. The van der Waals surface area contributed by atoms with Crippen LogP contribution in [0.1, 0.15) is 15.9 Å². The van der Waals surface area contributed by atoms with E-state index < -0.39 is 34.6 Å². The molecule has 1 heterocycles. The van der Waals surface area contributed by atoms with Crippen LogP contribution in [0.5, 0.6) is 5.75 Å². The smallest absolute Gasteiger partial charge is 0.418 e. The molecule has 0 aliphatic heterocycles. The van der Waals surface area contributed by atoms with Crippen molar-refractivity contribution >= 4 is 45.0 Å².